The third-order valence-electron chi connectivity index (χ3n) is 4.76. The van der Waals surface area contributed by atoms with Crippen LogP contribution in [0.1, 0.15) is 12.0 Å². The molecule has 0 aliphatic heterocycles. The minimum Gasteiger partial charge on any atom is -0.497 e. The van der Waals surface area contributed by atoms with Crippen molar-refractivity contribution >= 4 is 28.6 Å². The number of rotatable bonds is 8. The lowest BCUT2D eigenvalue weighted by molar-refractivity contribution is -0.121. The second-order valence-electron chi connectivity index (χ2n) is 6.94. The standard InChI is InChI=1S/C23H20ClN3O5/c1-30-17-3-5-18(6-4-17)31-22-12-15(8-10-25-22)14-26-21(28)9-11-27-19-7-2-16(24)13-20(19)32-23(27)29/h2-8,10,12-13H,9,11,14H2,1H3,(H,26,28). The number of amides is 1. The molecule has 164 valence electrons. The third-order valence-corrected chi connectivity index (χ3v) is 5.00. The molecule has 0 saturated heterocycles. The van der Waals surface area contributed by atoms with Crippen LogP contribution in [0.3, 0.4) is 0 Å². The lowest BCUT2D eigenvalue weighted by atomic mass is 10.2. The molecule has 0 fully saturated rings. The Labute approximate surface area is 188 Å². The predicted octanol–water partition coefficient (Wildman–Crippen LogP) is 4.15. The summed E-state index contributed by atoms with van der Waals surface area (Å²) in [5.41, 5.74) is 1.82. The molecule has 4 aromatic rings. The number of hydrogen-bond acceptors (Lipinski definition) is 6. The number of fused-ring (bicyclic) bond motifs is 1. The van der Waals surface area contributed by atoms with Crippen LogP contribution in [0.4, 0.5) is 0 Å². The number of halogens is 1. The molecule has 0 aliphatic rings. The van der Waals surface area contributed by atoms with Crippen LogP contribution in [0.2, 0.25) is 5.02 Å². The van der Waals surface area contributed by atoms with Crippen molar-refractivity contribution in [1.82, 2.24) is 14.9 Å². The number of carbonyl (C=O) groups excluding carboxylic acids is 1. The molecule has 2 heterocycles. The molecular formula is C23H20ClN3O5. The Morgan fingerprint density at radius 2 is 1.91 bits per heavy atom. The van der Waals surface area contributed by atoms with E-state index in [2.05, 4.69) is 10.3 Å². The van der Waals surface area contributed by atoms with E-state index in [4.69, 9.17) is 25.5 Å². The van der Waals surface area contributed by atoms with E-state index in [0.29, 0.717) is 34.3 Å². The summed E-state index contributed by atoms with van der Waals surface area (Å²) < 4.78 is 17.5. The summed E-state index contributed by atoms with van der Waals surface area (Å²) in [6.07, 6.45) is 1.74. The number of benzene rings is 2. The van der Waals surface area contributed by atoms with Gasteiger partial charge in [0.2, 0.25) is 11.8 Å². The molecule has 32 heavy (non-hydrogen) atoms. The third kappa shape index (κ3) is 5.09. The Morgan fingerprint density at radius 1 is 1.12 bits per heavy atom. The highest BCUT2D eigenvalue weighted by Gasteiger charge is 2.11. The summed E-state index contributed by atoms with van der Waals surface area (Å²) in [6.45, 7) is 0.498. The molecule has 2 aromatic heterocycles. The van der Waals surface area contributed by atoms with Crippen molar-refractivity contribution in [2.45, 2.75) is 19.5 Å². The SMILES string of the molecule is COc1ccc(Oc2cc(CNC(=O)CCn3c(=O)oc4cc(Cl)ccc43)ccn2)cc1. The lowest BCUT2D eigenvalue weighted by Crippen LogP contribution is -2.25. The highest BCUT2D eigenvalue weighted by molar-refractivity contribution is 6.31. The van der Waals surface area contributed by atoms with E-state index in [9.17, 15) is 9.59 Å². The predicted molar refractivity (Wildman–Crippen MR) is 119 cm³/mol. The van der Waals surface area contributed by atoms with Crippen LogP contribution in [-0.4, -0.2) is 22.6 Å². The maximum atomic E-state index is 12.3. The van der Waals surface area contributed by atoms with Crippen molar-refractivity contribution in [3.05, 3.63) is 81.9 Å². The Hall–Kier alpha value is -3.78. The molecule has 0 spiro atoms. The summed E-state index contributed by atoms with van der Waals surface area (Å²) in [4.78, 5) is 28.6. The van der Waals surface area contributed by atoms with Crippen LogP contribution in [0, 0.1) is 0 Å². The van der Waals surface area contributed by atoms with Crippen molar-refractivity contribution in [3.63, 3.8) is 0 Å². The fourth-order valence-electron chi connectivity index (χ4n) is 3.14. The Kier molecular flexibility index (Phi) is 6.42. The van der Waals surface area contributed by atoms with Gasteiger partial charge in [0.1, 0.15) is 11.5 Å². The number of nitrogens with zero attached hydrogens (tertiary/aromatic N) is 2. The minimum atomic E-state index is -0.524. The van der Waals surface area contributed by atoms with Crippen molar-refractivity contribution in [1.29, 1.82) is 0 Å². The highest BCUT2D eigenvalue weighted by Crippen LogP contribution is 2.23. The first-order valence-electron chi connectivity index (χ1n) is 9.84. The largest absolute Gasteiger partial charge is 0.497 e. The number of carbonyl (C=O) groups is 1. The molecule has 0 radical (unpaired) electrons. The van der Waals surface area contributed by atoms with Crippen LogP contribution >= 0.6 is 11.6 Å². The Bertz CT molecular complexity index is 1300. The van der Waals surface area contributed by atoms with Crippen LogP contribution in [0.5, 0.6) is 17.4 Å². The summed E-state index contributed by atoms with van der Waals surface area (Å²) >= 11 is 5.92. The summed E-state index contributed by atoms with van der Waals surface area (Å²) in [7, 11) is 1.60. The van der Waals surface area contributed by atoms with Gasteiger partial charge in [-0.25, -0.2) is 9.78 Å². The fraction of sp³-hybridized carbons (Fsp3) is 0.174. The van der Waals surface area contributed by atoms with Gasteiger partial charge in [-0.15, -0.1) is 0 Å². The van der Waals surface area contributed by atoms with E-state index in [1.54, 1.807) is 67.9 Å². The Balaban J connectivity index is 1.33. The molecule has 9 heteroatoms. The zero-order valence-electron chi connectivity index (χ0n) is 17.2. The molecule has 0 atom stereocenters. The van der Waals surface area contributed by atoms with Gasteiger partial charge in [-0.05, 0) is 48.0 Å². The summed E-state index contributed by atoms with van der Waals surface area (Å²) in [5.74, 6) is 1.05. The zero-order valence-corrected chi connectivity index (χ0v) is 18.0. The molecule has 0 aliphatic carbocycles. The number of pyridine rings is 1. The molecule has 0 bridgehead atoms. The van der Waals surface area contributed by atoms with Crippen LogP contribution in [-0.2, 0) is 17.9 Å². The summed E-state index contributed by atoms with van der Waals surface area (Å²) in [6, 6.07) is 15.6. The molecular weight excluding hydrogens is 434 g/mol. The van der Waals surface area contributed by atoms with Gasteiger partial charge in [0.25, 0.3) is 0 Å². The second-order valence-corrected chi connectivity index (χ2v) is 7.37. The van der Waals surface area contributed by atoms with Gasteiger partial charge in [-0.3, -0.25) is 9.36 Å². The number of nitrogens with one attached hydrogen (secondary N) is 1. The maximum Gasteiger partial charge on any atom is 0.419 e. The van der Waals surface area contributed by atoms with Gasteiger partial charge in [-0.1, -0.05) is 11.6 Å². The molecule has 0 unspecified atom stereocenters. The van der Waals surface area contributed by atoms with Crippen LogP contribution in [0.15, 0.2) is 70.0 Å². The maximum absolute atomic E-state index is 12.3. The highest BCUT2D eigenvalue weighted by atomic mass is 35.5. The molecule has 1 amide bonds. The smallest absolute Gasteiger partial charge is 0.419 e. The normalized spacial score (nSPS) is 10.8. The average Bonchev–Trinajstić information content (AvgIpc) is 3.11. The Morgan fingerprint density at radius 3 is 2.69 bits per heavy atom. The first kappa shape index (κ1) is 21.5. The van der Waals surface area contributed by atoms with Crippen LogP contribution < -0.4 is 20.5 Å². The van der Waals surface area contributed by atoms with E-state index in [1.165, 1.54) is 4.57 Å². The number of methoxy groups -OCH3 is 1. The first-order chi connectivity index (χ1) is 15.5. The number of oxazole rings is 1. The van der Waals surface area contributed by atoms with Gasteiger partial charge in [0.15, 0.2) is 5.58 Å². The number of aryl methyl sites for hydroxylation is 1. The van der Waals surface area contributed by atoms with E-state index in [1.807, 2.05) is 0 Å². The zero-order chi connectivity index (χ0) is 22.5. The number of ether oxygens (including phenoxy) is 2. The number of aromatic nitrogens is 2. The lowest BCUT2D eigenvalue weighted by Gasteiger charge is -2.09. The summed E-state index contributed by atoms with van der Waals surface area (Å²) in [5, 5.41) is 3.31. The van der Waals surface area contributed by atoms with Crippen molar-refractivity contribution in [3.8, 4) is 17.4 Å². The van der Waals surface area contributed by atoms with Crippen LogP contribution in [0.25, 0.3) is 11.1 Å². The molecule has 8 nitrogen and oxygen atoms in total. The van der Waals surface area contributed by atoms with Gasteiger partial charge in [-0.2, -0.15) is 0 Å². The van der Waals surface area contributed by atoms with E-state index >= 15 is 0 Å². The van der Waals surface area contributed by atoms with E-state index < -0.39 is 5.76 Å². The molecule has 1 N–H and O–H groups in total. The second kappa shape index (κ2) is 9.57. The first-order valence-corrected chi connectivity index (χ1v) is 10.2. The van der Waals surface area contributed by atoms with E-state index in [0.717, 1.165) is 11.3 Å². The molecule has 4 rings (SSSR count). The topological polar surface area (TPSA) is 95.6 Å². The molecule has 0 saturated carbocycles. The van der Waals surface area contributed by atoms with Gasteiger partial charge >= 0.3 is 5.76 Å². The monoisotopic (exact) mass is 453 g/mol. The average molecular weight is 454 g/mol. The van der Waals surface area contributed by atoms with Crippen molar-refractivity contribution < 1.29 is 18.7 Å². The number of hydrogen-bond donors (Lipinski definition) is 1. The van der Waals surface area contributed by atoms with Gasteiger partial charge < -0.3 is 19.2 Å². The van der Waals surface area contributed by atoms with Gasteiger partial charge in [0.05, 0.1) is 12.6 Å². The quantitative estimate of drug-likeness (QED) is 0.430. The van der Waals surface area contributed by atoms with Crippen molar-refractivity contribution in [2.75, 3.05) is 7.11 Å². The van der Waals surface area contributed by atoms with E-state index in [-0.39, 0.29) is 18.9 Å². The minimum absolute atomic E-state index is 0.122. The fourth-order valence-corrected chi connectivity index (χ4v) is 3.30. The molecule has 2 aromatic carbocycles. The van der Waals surface area contributed by atoms with Gasteiger partial charge in [0, 0.05) is 42.9 Å². The van der Waals surface area contributed by atoms with Crippen molar-refractivity contribution in [2.24, 2.45) is 0 Å².